The van der Waals surface area contributed by atoms with Gasteiger partial charge >= 0.3 is 0 Å². The lowest BCUT2D eigenvalue weighted by Gasteiger charge is -2.25. The van der Waals surface area contributed by atoms with Crippen LogP contribution in [0.4, 0.5) is 0 Å². The molecule has 1 heterocycles. The third kappa shape index (κ3) is 3.73. The number of hydrogen-bond donors (Lipinski definition) is 2. The first-order valence-corrected chi connectivity index (χ1v) is 7.14. The van der Waals surface area contributed by atoms with E-state index >= 15 is 0 Å². The van der Waals surface area contributed by atoms with E-state index in [9.17, 15) is 9.90 Å². The van der Waals surface area contributed by atoms with Crippen molar-refractivity contribution in [2.75, 3.05) is 13.2 Å². The molecule has 0 bridgehead atoms. The molecule has 20 heavy (non-hydrogen) atoms. The summed E-state index contributed by atoms with van der Waals surface area (Å²) in [6.07, 6.45) is 1.51. The summed E-state index contributed by atoms with van der Waals surface area (Å²) >= 11 is 0. The molecule has 2 rings (SSSR count). The maximum Gasteiger partial charge on any atom is 0.251 e. The highest BCUT2D eigenvalue weighted by Crippen LogP contribution is 2.25. The molecule has 0 spiro atoms. The third-order valence-corrected chi connectivity index (χ3v) is 3.43. The standard InChI is InChI=1S/C16H23NO3/c1-11(2)9-16(3,19)10-17-15(18)13-4-5-14-12(8-13)6-7-20-14/h4-5,8,11,19H,6-7,9-10H2,1-3H3,(H,17,18). The Bertz CT molecular complexity index is 494. The van der Waals surface area contributed by atoms with E-state index in [4.69, 9.17) is 4.74 Å². The molecular formula is C16H23NO3. The van der Waals surface area contributed by atoms with Crippen LogP contribution in [-0.4, -0.2) is 29.8 Å². The van der Waals surface area contributed by atoms with Gasteiger partial charge in [-0.25, -0.2) is 0 Å². The first-order chi connectivity index (χ1) is 9.37. The normalized spacial score (nSPS) is 16.4. The minimum absolute atomic E-state index is 0.149. The maximum atomic E-state index is 12.1. The van der Waals surface area contributed by atoms with Crippen LogP contribution < -0.4 is 10.1 Å². The van der Waals surface area contributed by atoms with Crippen LogP contribution in [0.1, 0.15) is 43.1 Å². The van der Waals surface area contributed by atoms with Crippen LogP contribution in [0.5, 0.6) is 5.75 Å². The fourth-order valence-corrected chi connectivity index (χ4v) is 2.65. The van der Waals surface area contributed by atoms with Gasteiger partial charge in [-0.3, -0.25) is 4.79 Å². The fourth-order valence-electron chi connectivity index (χ4n) is 2.65. The molecule has 1 aromatic rings. The molecule has 1 aromatic carbocycles. The lowest BCUT2D eigenvalue weighted by atomic mass is 9.94. The highest BCUT2D eigenvalue weighted by atomic mass is 16.5. The number of hydrogen-bond acceptors (Lipinski definition) is 3. The van der Waals surface area contributed by atoms with E-state index in [-0.39, 0.29) is 12.5 Å². The van der Waals surface area contributed by atoms with Gasteiger partial charge in [-0.1, -0.05) is 13.8 Å². The largest absolute Gasteiger partial charge is 0.493 e. The van der Waals surface area contributed by atoms with E-state index in [2.05, 4.69) is 19.2 Å². The number of carbonyl (C=O) groups is 1. The average Bonchev–Trinajstić information content (AvgIpc) is 2.81. The lowest BCUT2D eigenvalue weighted by molar-refractivity contribution is 0.0368. The Kier molecular flexibility index (Phi) is 4.33. The molecule has 0 fully saturated rings. The second-order valence-corrected chi connectivity index (χ2v) is 6.20. The van der Waals surface area contributed by atoms with Crippen molar-refractivity contribution >= 4 is 5.91 Å². The number of benzene rings is 1. The van der Waals surface area contributed by atoms with Gasteiger partial charge in [0.15, 0.2) is 0 Å². The quantitative estimate of drug-likeness (QED) is 0.867. The first-order valence-electron chi connectivity index (χ1n) is 7.14. The van der Waals surface area contributed by atoms with Crippen LogP contribution in [0.3, 0.4) is 0 Å². The van der Waals surface area contributed by atoms with Gasteiger partial charge in [0.25, 0.3) is 5.91 Å². The molecule has 4 heteroatoms. The fraction of sp³-hybridized carbons (Fsp3) is 0.562. The highest BCUT2D eigenvalue weighted by molar-refractivity contribution is 5.94. The van der Waals surface area contributed by atoms with Gasteiger partial charge in [-0.2, -0.15) is 0 Å². The monoisotopic (exact) mass is 277 g/mol. The zero-order valence-corrected chi connectivity index (χ0v) is 12.4. The van der Waals surface area contributed by atoms with E-state index in [1.54, 1.807) is 13.0 Å². The minimum Gasteiger partial charge on any atom is -0.493 e. The van der Waals surface area contributed by atoms with E-state index in [0.29, 0.717) is 24.5 Å². The van der Waals surface area contributed by atoms with Crippen molar-refractivity contribution in [3.8, 4) is 5.75 Å². The molecule has 110 valence electrons. The summed E-state index contributed by atoms with van der Waals surface area (Å²) in [5.41, 5.74) is 0.824. The van der Waals surface area contributed by atoms with Crippen LogP contribution in [0.2, 0.25) is 0 Å². The summed E-state index contributed by atoms with van der Waals surface area (Å²) in [5, 5.41) is 13.0. The van der Waals surface area contributed by atoms with Crippen LogP contribution >= 0.6 is 0 Å². The molecule has 0 saturated carbocycles. The van der Waals surface area contributed by atoms with E-state index in [1.165, 1.54) is 0 Å². The van der Waals surface area contributed by atoms with Gasteiger partial charge < -0.3 is 15.2 Å². The summed E-state index contributed by atoms with van der Waals surface area (Å²) in [6, 6.07) is 5.47. The SMILES string of the molecule is CC(C)CC(C)(O)CNC(=O)c1ccc2c(c1)CCO2. The molecule has 4 nitrogen and oxygen atoms in total. The van der Waals surface area contributed by atoms with Crippen LogP contribution in [0.25, 0.3) is 0 Å². The number of aliphatic hydroxyl groups is 1. The summed E-state index contributed by atoms with van der Waals surface area (Å²) in [4.78, 5) is 12.1. The van der Waals surface area contributed by atoms with E-state index < -0.39 is 5.60 Å². The third-order valence-electron chi connectivity index (χ3n) is 3.43. The molecule has 1 amide bonds. The Morgan fingerprint density at radius 2 is 2.25 bits per heavy atom. The average molecular weight is 277 g/mol. The number of fused-ring (bicyclic) bond motifs is 1. The van der Waals surface area contributed by atoms with E-state index in [1.807, 2.05) is 12.1 Å². The van der Waals surface area contributed by atoms with Gasteiger partial charge in [0.05, 0.1) is 12.2 Å². The van der Waals surface area contributed by atoms with Gasteiger partial charge in [0.1, 0.15) is 5.75 Å². The van der Waals surface area contributed by atoms with Crippen LogP contribution in [0, 0.1) is 5.92 Å². The predicted molar refractivity (Wildman–Crippen MR) is 78.1 cm³/mol. The van der Waals surface area contributed by atoms with Gasteiger partial charge in [-0.05, 0) is 43.0 Å². The highest BCUT2D eigenvalue weighted by Gasteiger charge is 2.23. The van der Waals surface area contributed by atoms with Gasteiger partial charge in [0.2, 0.25) is 0 Å². The molecule has 1 aliphatic heterocycles. The Morgan fingerprint density at radius 3 is 2.95 bits per heavy atom. The predicted octanol–water partition coefficient (Wildman–Crippen LogP) is 2.15. The van der Waals surface area contributed by atoms with Crippen molar-refractivity contribution < 1.29 is 14.6 Å². The molecule has 1 atom stereocenters. The van der Waals surface area contributed by atoms with Crippen molar-refractivity contribution in [2.24, 2.45) is 5.92 Å². The molecule has 1 unspecified atom stereocenters. The molecule has 0 saturated heterocycles. The Hall–Kier alpha value is -1.55. The Balaban J connectivity index is 1.95. The van der Waals surface area contributed by atoms with Crippen molar-refractivity contribution in [1.29, 1.82) is 0 Å². The van der Waals surface area contributed by atoms with Crippen molar-refractivity contribution in [2.45, 2.75) is 39.2 Å². The molecule has 0 aliphatic carbocycles. The smallest absolute Gasteiger partial charge is 0.251 e. The summed E-state index contributed by atoms with van der Waals surface area (Å²) < 4.78 is 5.42. The maximum absolute atomic E-state index is 12.1. The summed E-state index contributed by atoms with van der Waals surface area (Å²) in [7, 11) is 0. The Labute approximate surface area is 120 Å². The summed E-state index contributed by atoms with van der Waals surface area (Å²) in [5.74, 6) is 1.11. The van der Waals surface area contributed by atoms with Gasteiger partial charge in [0, 0.05) is 18.5 Å². The number of rotatable bonds is 5. The number of carbonyl (C=O) groups excluding carboxylic acids is 1. The second kappa shape index (κ2) is 5.83. The Morgan fingerprint density at radius 1 is 1.50 bits per heavy atom. The van der Waals surface area contributed by atoms with Crippen molar-refractivity contribution in [1.82, 2.24) is 5.32 Å². The first kappa shape index (κ1) is 14.9. The van der Waals surface area contributed by atoms with Gasteiger partial charge in [-0.15, -0.1) is 0 Å². The minimum atomic E-state index is -0.871. The van der Waals surface area contributed by atoms with Crippen LogP contribution in [-0.2, 0) is 6.42 Å². The number of ether oxygens (including phenoxy) is 1. The molecule has 0 radical (unpaired) electrons. The molecular weight excluding hydrogens is 254 g/mol. The van der Waals surface area contributed by atoms with E-state index in [0.717, 1.165) is 17.7 Å². The zero-order valence-electron chi connectivity index (χ0n) is 12.4. The molecule has 1 aliphatic rings. The second-order valence-electron chi connectivity index (χ2n) is 6.20. The zero-order chi connectivity index (χ0) is 14.8. The number of nitrogens with one attached hydrogen (secondary N) is 1. The number of amides is 1. The van der Waals surface area contributed by atoms with Crippen molar-refractivity contribution in [3.63, 3.8) is 0 Å². The topological polar surface area (TPSA) is 58.6 Å². The van der Waals surface area contributed by atoms with Crippen molar-refractivity contribution in [3.05, 3.63) is 29.3 Å². The molecule has 2 N–H and O–H groups in total. The lowest BCUT2D eigenvalue weighted by Crippen LogP contribution is -2.41. The summed E-state index contributed by atoms with van der Waals surface area (Å²) in [6.45, 7) is 6.80. The molecule has 0 aromatic heterocycles. The van der Waals surface area contributed by atoms with Crippen LogP contribution in [0.15, 0.2) is 18.2 Å².